The molecule has 2 N–H and O–H groups in total. The van der Waals surface area contributed by atoms with Crippen LogP contribution in [0.15, 0.2) is 42.6 Å². The molecule has 2 unspecified atom stereocenters. The van der Waals surface area contributed by atoms with Gasteiger partial charge in [-0.2, -0.15) is 0 Å². The zero-order valence-electron chi connectivity index (χ0n) is 15.4. The number of thioether (sulfide) groups is 1. The lowest BCUT2D eigenvalue weighted by Crippen LogP contribution is -2.31. The highest BCUT2D eigenvalue weighted by Crippen LogP contribution is 2.18. The maximum Gasteiger partial charge on any atom is 0.233 e. The van der Waals surface area contributed by atoms with Gasteiger partial charge in [0.2, 0.25) is 5.91 Å². The van der Waals surface area contributed by atoms with Crippen molar-refractivity contribution in [1.82, 2.24) is 10.3 Å². The number of benzene rings is 1. The summed E-state index contributed by atoms with van der Waals surface area (Å²) in [5.41, 5.74) is 3.34. The second-order valence-corrected chi connectivity index (χ2v) is 7.07. The first-order chi connectivity index (χ1) is 13.0. The quantitative estimate of drug-likeness (QED) is 0.608. The molecule has 1 aromatic heterocycles. The van der Waals surface area contributed by atoms with Crippen LogP contribution in [-0.4, -0.2) is 40.5 Å². The minimum absolute atomic E-state index is 0.165. The third-order valence-electron chi connectivity index (χ3n) is 4.06. The number of pyridine rings is 1. The van der Waals surface area contributed by atoms with E-state index in [2.05, 4.69) is 10.3 Å². The van der Waals surface area contributed by atoms with Crippen molar-refractivity contribution in [3.63, 3.8) is 0 Å². The lowest BCUT2D eigenvalue weighted by Gasteiger charge is -2.12. The maximum atomic E-state index is 11.8. The Morgan fingerprint density at radius 2 is 2.04 bits per heavy atom. The first-order valence-corrected chi connectivity index (χ1v) is 9.63. The molecule has 0 aliphatic carbocycles. The summed E-state index contributed by atoms with van der Waals surface area (Å²) in [6, 6.07) is 11.2. The van der Waals surface area contributed by atoms with Crippen molar-refractivity contribution in [3.8, 4) is 5.75 Å². The Labute approximate surface area is 163 Å². The SMILES string of the molecule is CNC(=O)C(Cc1ccc(OCCc2ccc(C(C)O)cn2)cc1)SC=O. The molecule has 0 spiro atoms. The van der Waals surface area contributed by atoms with Gasteiger partial charge in [-0.25, -0.2) is 0 Å². The number of amides is 1. The van der Waals surface area contributed by atoms with Crippen LogP contribution in [0, 0.1) is 0 Å². The van der Waals surface area contributed by atoms with E-state index in [1.165, 1.54) is 0 Å². The number of aromatic nitrogens is 1. The Morgan fingerprint density at radius 3 is 2.59 bits per heavy atom. The monoisotopic (exact) mass is 388 g/mol. The molecule has 0 aliphatic rings. The largest absolute Gasteiger partial charge is 0.493 e. The summed E-state index contributed by atoms with van der Waals surface area (Å²) in [6.45, 7) is 2.19. The van der Waals surface area contributed by atoms with Gasteiger partial charge in [-0.15, -0.1) is 0 Å². The molecule has 0 radical (unpaired) electrons. The number of ether oxygens (including phenoxy) is 1. The zero-order valence-corrected chi connectivity index (χ0v) is 16.2. The molecule has 6 nitrogen and oxygen atoms in total. The van der Waals surface area contributed by atoms with E-state index in [1.807, 2.05) is 36.4 Å². The number of nitrogens with zero attached hydrogens (tertiary/aromatic N) is 1. The number of aliphatic hydroxyl groups is 1. The van der Waals surface area contributed by atoms with Crippen molar-refractivity contribution >= 4 is 23.3 Å². The summed E-state index contributed by atoms with van der Waals surface area (Å²) in [5, 5.41) is 11.6. The standard InChI is InChI=1S/C20H24N2O4S/c1-14(24)16-5-6-17(22-12-16)9-10-26-18-7-3-15(4-8-18)11-19(27-13-23)20(25)21-2/h3-8,12-14,19,24H,9-11H2,1-2H3,(H,21,25). The molecule has 1 heterocycles. The van der Waals surface area contributed by atoms with Gasteiger partial charge in [-0.3, -0.25) is 14.6 Å². The van der Waals surface area contributed by atoms with Crippen LogP contribution < -0.4 is 10.1 Å². The van der Waals surface area contributed by atoms with Crippen LogP contribution in [0.4, 0.5) is 0 Å². The third-order valence-corrected chi connectivity index (χ3v) is 4.88. The molecule has 144 valence electrons. The summed E-state index contributed by atoms with van der Waals surface area (Å²) in [4.78, 5) is 26.8. The number of aliphatic hydroxyl groups excluding tert-OH is 1. The molecule has 0 bridgehead atoms. The fourth-order valence-electron chi connectivity index (χ4n) is 2.47. The number of rotatable bonds is 10. The Balaban J connectivity index is 1.84. The first-order valence-electron chi connectivity index (χ1n) is 8.68. The van der Waals surface area contributed by atoms with Crippen LogP contribution in [0.1, 0.15) is 29.8 Å². The normalized spacial score (nSPS) is 12.9. The summed E-state index contributed by atoms with van der Waals surface area (Å²) in [7, 11) is 1.56. The van der Waals surface area contributed by atoms with Gasteiger partial charge in [-0.1, -0.05) is 30.0 Å². The molecule has 0 fully saturated rings. The Kier molecular flexibility index (Phi) is 8.29. The van der Waals surface area contributed by atoms with Gasteiger partial charge in [0.1, 0.15) is 5.75 Å². The lowest BCUT2D eigenvalue weighted by atomic mass is 10.1. The third kappa shape index (κ3) is 6.69. The van der Waals surface area contributed by atoms with Crippen molar-refractivity contribution in [1.29, 1.82) is 0 Å². The molecule has 2 rings (SSSR count). The highest BCUT2D eigenvalue weighted by Gasteiger charge is 2.18. The van der Waals surface area contributed by atoms with Crippen molar-refractivity contribution in [2.45, 2.75) is 31.1 Å². The van der Waals surface area contributed by atoms with Crippen molar-refractivity contribution in [3.05, 3.63) is 59.4 Å². The van der Waals surface area contributed by atoms with Gasteiger partial charge in [-0.05, 0) is 42.7 Å². The average molecular weight is 388 g/mol. The lowest BCUT2D eigenvalue weighted by molar-refractivity contribution is -0.120. The van der Waals surface area contributed by atoms with Crippen LogP contribution in [0.2, 0.25) is 0 Å². The molecule has 7 heteroatoms. The first kappa shape index (κ1) is 20.9. The molecule has 1 amide bonds. The number of carbonyl (C=O) groups is 2. The molecule has 2 aromatic rings. The summed E-state index contributed by atoms with van der Waals surface area (Å²) < 4.78 is 5.73. The summed E-state index contributed by atoms with van der Waals surface area (Å²) in [5.74, 6) is 0.570. The Bertz CT molecular complexity index is 733. The molecular formula is C20H24N2O4S. The van der Waals surface area contributed by atoms with E-state index in [1.54, 1.807) is 20.2 Å². The topological polar surface area (TPSA) is 88.5 Å². The molecular weight excluding hydrogens is 364 g/mol. The van der Waals surface area contributed by atoms with Gasteiger partial charge in [0.05, 0.1) is 18.0 Å². The van der Waals surface area contributed by atoms with Crippen molar-refractivity contribution in [2.24, 2.45) is 0 Å². The number of nitrogens with one attached hydrogen (secondary N) is 1. The second kappa shape index (κ2) is 10.7. The van der Waals surface area contributed by atoms with Gasteiger partial charge >= 0.3 is 0 Å². The fraction of sp³-hybridized carbons (Fsp3) is 0.350. The smallest absolute Gasteiger partial charge is 0.233 e. The summed E-state index contributed by atoms with van der Waals surface area (Å²) >= 11 is 0.976. The highest BCUT2D eigenvalue weighted by atomic mass is 32.2. The van der Waals surface area contributed by atoms with Crippen molar-refractivity contribution < 1.29 is 19.4 Å². The molecule has 0 aliphatic heterocycles. The number of hydrogen-bond donors (Lipinski definition) is 2. The van der Waals surface area contributed by atoms with Gasteiger partial charge in [0, 0.05) is 25.4 Å². The van der Waals surface area contributed by atoms with E-state index in [0.29, 0.717) is 25.1 Å². The van der Waals surface area contributed by atoms with Crippen LogP contribution in [0.5, 0.6) is 5.75 Å². The fourth-order valence-corrected chi connectivity index (χ4v) is 3.14. The van der Waals surface area contributed by atoms with E-state index >= 15 is 0 Å². The minimum Gasteiger partial charge on any atom is -0.493 e. The Morgan fingerprint density at radius 1 is 1.30 bits per heavy atom. The van der Waals surface area contributed by atoms with Crippen LogP contribution in [0.25, 0.3) is 0 Å². The van der Waals surface area contributed by atoms with Gasteiger partial charge in [0.25, 0.3) is 0 Å². The van der Waals surface area contributed by atoms with Crippen molar-refractivity contribution in [2.75, 3.05) is 13.7 Å². The summed E-state index contributed by atoms with van der Waals surface area (Å²) in [6.07, 6.45) is 2.29. The average Bonchev–Trinajstić information content (AvgIpc) is 2.68. The van der Waals surface area contributed by atoms with E-state index in [0.717, 1.165) is 34.3 Å². The van der Waals surface area contributed by atoms with Crippen LogP contribution in [-0.2, 0) is 22.4 Å². The van der Waals surface area contributed by atoms with Gasteiger partial charge < -0.3 is 15.2 Å². The zero-order chi connectivity index (χ0) is 19.6. The van der Waals surface area contributed by atoms with E-state index in [4.69, 9.17) is 4.74 Å². The molecule has 0 saturated carbocycles. The molecule has 0 saturated heterocycles. The van der Waals surface area contributed by atoms with Crippen LogP contribution in [0.3, 0.4) is 0 Å². The maximum absolute atomic E-state index is 11.8. The number of carbonyl (C=O) groups excluding carboxylic acids is 2. The predicted molar refractivity (Wildman–Crippen MR) is 106 cm³/mol. The van der Waals surface area contributed by atoms with E-state index < -0.39 is 11.4 Å². The van der Waals surface area contributed by atoms with Crippen LogP contribution >= 0.6 is 11.8 Å². The second-order valence-electron chi connectivity index (χ2n) is 6.04. The van der Waals surface area contributed by atoms with E-state index in [-0.39, 0.29) is 5.91 Å². The molecule has 27 heavy (non-hydrogen) atoms. The molecule has 1 aromatic carbocycles. The Hall–Kier alpha value is -2.38. The highest BCUT2D eigenvalue weighted by molar-refractivity contribution is 8.13. The van der Waals surface area contributed by atoms with Gasteiger partial charge in [0.15, 0.2) is 5.62 Å². The number of hydrogen-bond acceptors (Lipinski definition) is 6. The predicted octanol–water partition coefficient (Wildman–Crippen LogP) is 2.34. The minimum atomic E-state index is -0.519. The molecule has 2 atom stereocenters. The van der Waals surface area contributed by atoms with E-state index in [9.17, 15) is 14.7 Å².